The van der Waals surface area contributed by atoms with Crippen LogP contribution in [-0.2, 0) is 9.84 Å². The van der Waals surface area contributed by atoms with Crippen LogP contribution in [0, 0.1) is 0 Å². The van der Waals surface area contributed by atoms with E-state index in [1.54, 1.807) is 25.1 Å². The van der Waals surface area contributed by atoms with Gasteiger partial charge >= 0.3 is 0 Å². The van der Waals surface area contributed by atoms with Crippen molar-refractivity contribution in [1.82, 2.24) is 20.2 Å². The van der Waals surface area contributed by atoms with Crippen LogP contribution in [0.1, 0.15) is 13.0 Å². The minimum Gasteiger partial charge on any atom is -0.399 e. The van der Waals surface area contributed by atoms with E-state index in [4.69, 9.17) is 5.73 Å². The number of aromatic nitrogens is 4. The fourth-order valence-electron chi connectivity index (χ4n) is 1.89. The second kappa shape index (κ2) is 5.49. The number of nitrogens with zero attached hydrogens (tertiary/aromatic N) is 4. The maximum absolute atomic E-state index is 11.4. The summed E-state index contributed by atoms with van der Waals surface area (Å²) in [7, 11) is -3.12. The van der Waals surface area contributed by atoms with Gasteiger partial charge in [-0.1, -0.05) is 15.9 Å². The summed E-state index contributed by atoms with van der Waals surface area (Å²) in [5.74, 6) is 0.436. The lowest BCUT2D eigenvalue weighted by Crippen LogP contribution is -2.18. The van der Waals surface area contributed by atoms with E-state index >= 15 is 0 Å². The van der Waals surface area contributed by atoms with Crippen LogP contribution in [0.4, 0.5) is 5.69 Å². The Kier molecular flexibility index (Phi) is 4.09. The minimum atomic E-state index is -3.12. The van der Waals surface area contributed by atoms with Crippen molar-refractivity contribution in [3.8, 4) is 11.4 Å². The van der Waals surface area contributed by atoms with Crippen molar-refractivity contribution in [3.63, 3.8) is 0 Å². The van der Waals surface area contributed by atoms with E-state index < -0.39 is 9.84 Å². The van der Waals surface area contributed by atoms with Crippen molar-refractivity contribution in [2.75, 3.05) is 17.7 Å². The first kappa shape index (κ1) is 14.9. The smallest absolute Gasteiger partial charge is 0.183 e. The van der Waals surface area contributed by atoms with Gasteiger partial charge in [-0.05, 0) is 35.5 Å². The first-order chi connectivity index (χ1) is 9.28. The summed E-state index contributed by atoms with van der Waals surface area (Å²) < 4.78 is 25.1. The van der Waals surface area contributed by atoms with Gasteiger partial charge in [0.2, 0.25) is 0 Å². The van der Waals surface area contributed by atoms with E-state index in [1.807, 2.05) is 0 Å². The number of benzene rings is 1. The molecule has 2 aromatic rings. The van der Waals surface area contributed by atoms with Crippen LogP contribution >= 0.6 is 15.9 Å². The molecule has 0 spiro atoms. The predicted octanol–water partition coefficient (Wildman–Crippen LogP) is 1.29. The Hall–Kier alpha value is -1.48. The maximum Gasteiger partial charge on any atom is 0.183 e. The van der Waals surface area contributed by atoms with Gasteiger partial charge in [0.15, 0.2) is 5.82 Å². The van der Waals surface area contributed by atoms with Crippen molar-refractivity contribution in [2.24, 2.45) is 0 Å². The zero-order valence-electron chi connectivity index (χ0n) is 11.0. The van der Waals surface area contributed by atoms with Gasteiger partial charge in [-0.25, -0.2) is 13.1 Å². The van der Waals surface area contributed by atoms with E-state index in [-0.39, 0.29) is 11.8 Å². The van der Waals surface area contributed by atoms with Gasteiger partial charge in [-0.3, -0.25) is 0 Å². The number of nitrogens with two attached hydrogens (primary N) is 1. The first-order valence-corrected chi connectivity index (χ1v) is 8.64. The molecule has 0 saturated carbocycles. The lowest BCUT2D eigenvalue weighted by atomic mass is 10.2. The number of anilines is 1. The monoisotopic (exact) mass is 359 g/mol. The summed E-state index contributed by atoms with van der Waals surface area (Å²) in [6.45, 7) is 1.75. The van der Waals surface area contributed by atoms with Crippen molar-refractivity contribution >= 4 is 31.5 Å². The third kappa shape index (κ3) is 3.34. The number of tetrazole rings is 1. The summed E-state index contributed by atoms with van der Waals surface area (Å²) in [6, 6.07) is 4.91. The molecule has 0 bridgehead atoms. The van der Waals surface area contributed by atoms with Crippen LogP contribution in [0.15, 0.2) is 22.7 Å². The van der Waals surface area contributed by atoms with Crippen LogP contribution in [0.25, 0.3) is 11.4 Å². The lowest BCUT2D eigenvalue weighted by molar-refractivity contribution is 0.509. The molecule has 0 saturated heterocycles. The van der Waals surface area contributed by atoms with E-state index in [0.717, 1.165) is 10.0 Å². The summed E-state index contributed by atoms with van der Waals surface area (Å²) in [5, 5.41) is 11.5. The fourth-order valence-corrected chi connectivity index (χ4v) is 3.33. The Bertz CT molecular complexity index is 728. The maximum atomic E-state index is 11.4. The Morgan fingerprint density at radius 1 is 1.45 bits per heavy atom. The number of sulfone groups is 1. The number of nitrogen functional groups attached to an aromatic ring is 1. The average Bonchev–Trinajstić information content (AvgIpc) is 2.79. The molecule has 1 unspecified atom stereocenters. The van der Waals surface area contributed by atoms with Gasteiger partial charge in [-0.15, -0.1) is 5.10 Å². The predicted molar refractivity (Wildman–Crippen MR) is 79.8 cm³/mol. The Morgan fingerprint density at radius 2 is 2.15 bits per heavy atom. The molecule has 108 valence electrons. The van der Waals surface area contributed by atoms with Gasteiger partial charge in [0.25, 0.3) is 0 Å². The standard InChI is InChI=1S/C11H14BrN5O2S/c1-7(6-20(2,18)19)17-11(14-15-16-17)9-5-8(13)3-4-10(9)12/h3-5,7H,6,13H2,1-2H3. The molecule has 1 aromatic heterocycles. The van der Waals surface area contributed by atoms with Gasteiger partial charge in [-0.2, -0.15) is 0 Å². The number of hydrogen-bond acceptors (Lipinski definition) is 6. The molecule has 0 radical (unpaired) electrons. The Morgan fingerprint density at radius 3 is 2.80 bits per heavy atom. The van der Waals surface area contributed by atoms with Gasteiger partial charge in [0, 0.05) is 22.0 Å². The molecule has 1 heterocycles. The largest absolute Gasteiger partial charge is 0.399 e. The van der Waals surface area contributed by atoms with Crippen LogP contribution in [0.5, 0.6) is 0 Å². The van der Waals surface area contributed by atoms with Crippen molar-refractivity contribution < 1.29 is 8.42 Å². The lowest BCUT2D eigenvalue weighted by Gasteiger charge is -2.13. The van der Waals surface area contributed by atoms with Crippen LogP contribution < -0.4 is 5.73 Å². The zero-order valence-corrected chi connectivity index (χ0v) is 13.4. The third-order valence-corrected chi connectivity index (χ3v) is 4.46. The summed E-state index contributed by atoms with van der Waals surface area (Å²) >= 11 is 3.41. The van der Waals surface area contributed by atoms with Crippen LogP contribution in [-0.4, -0.2) is 40.6 Å². The molecule has 1 aromatic carbocycles. The summed E-state index contributed by atoms with van der Waals surface area (Å²) in [4.78, 5) is 0. The normalized spacial score (nSPS) is 13.3. The summed E-state index contributed by atoms with van der Waals surface area (Å²) in [6.07, 6.45) is 1.18. The van der Waals surface area contributed by atoms with E-state index in [1.165, 1.54) is 10.9 Å². The topological polar surface area (TPSA) is 104 Å². The molecular formula is C11H14BrN5O2S. The molecule has 0 aliphatic carbocycles. The van der Waals surface area contributed by atoms with Gasteiger partial charge in [0.1, 0.15) is 9.84 Å². The molecule has 1 atom stereocenters. The average molecular weight is 360 g/mol. The highest BCUT2D eigenvalue weighted by atomic mass is 79.9. The minimum absolute atomic E-state index is 0.0367. The quantitative estimate of drug-likeness (QED) is 0.824. The van der Waals surface area contributed by atoms with E-state index in [2.05, 4.69) is 31.5 Å². The highest BCUT2D eigenvalue weighted by Gasteiger charge is 2.20. The molecule has 2 N–H and O–H groups in total. The number of hydrogen-bond donors (Lipinski definition) is 1. The molecular weight excluding hydrogens is 346 g/mol. The molecule has 20 heavy (non-hydrogen) atoms. The molecule has 0 fully saturated rings. The number of halogens is 1. The molecule has 9 heteroatoms. The first-order valence-electron chi connectivity index (χ1n) is 5.79. The van der Waals surface area contributed by atoms with Crippen molar-refractivity contribution in [2.45, 2.75) is 13.0 Å². The van der Waals surface area contributed by atoms with Crippen molar-refractivity contribution in [1.29, 1.82) is 0 Å². The van der Waals surface area contributed by atoms with Gasteiger partial charge in [0.05, 0.1) is 11.8 Å². The van der Waals surface area contributed by atoms with E-state index in [9.17, 15) is 8.42 Å². The Labute approximate surface area is 125 Å². The second-order valence-electron chi connectivity index (χ2n) is 4.63. The zero-order chi connectivity index (χ0) is 14.9. The highest BCUT2D eigenvalue weighted by Crippen LogP contribution is 2.29. The van der Waals surface area contributed by atoms with E-state index in [0.29, 0.717) is 11.5 Å². The van der Waals surface area contributed by atoms with Crippen molar-refractivity contribution in [3.05, 3.63) is 22.7 Å². The highest BCUT2D eigenvalue weighted by molar-refractivity contribution is 9.10. The van der Waals surface area contributed by atoms with Gasteiger partial charge < -0.3 is 5.73 Å². The Balaban J connectivity index is 2.45. The molecule has 0 aliphatic rings. The SMILES string of the molecule is CC(CS(C)(=O)=O)n1nnnc1-c1cc(N)ccc1Br. The number of rotatable bonds is 4. The fraction of sp³-hybridized carbons (Fsp3) is 0.364. The van der Waals surface area contributed by atoms with Crippen LogP contribution in [0.3, 0.4) is 0 Å². The second-order valence-corrected chi connectivity index (χ2v) is 7.67. The molecule has 0 amide bonds. The molecule has 0 aliphatic heterocycles. The molecule has 2 rings (SSSR count). The molecule has 7 nitrogen and oxygen atoms in total. The third-order valence-electron chi connectivity index (χ3n) is 2.69. The summed E-state index contributed by atoms with van der Waals surface area (Å²) in [5.41, 5.74) is 7.06. The van der Waals surface area contributed by atoms with Crippen LogP contribution in [0.2, 0.25) is 0 Å².